The number of halogens is 1. The molecule has 88 valence electrons. The van der Waals surface area contributed by atoms with Crippen LogP contribution in [0.2, 0.25) is 5.02 Å². The van der Waals surface area contributed by atoms with Crippen molar-refractivity contribution in [3.8, 4) is 0 Å². The van der Waals surface area contributed by atoms with Gasteiger partial charge in [-0.2, -0.15) is 0 Å². The molecule has 0 aliphatic carbocycles. The third-order valence-corrected chi connectivity index (χ3v) is 2.69. The zero-order valence-corrected chi connectivity index (χ0v) is 10.5. The maximum atomic E-state index is 11.8. The molecule has 0 aromatic carbocycles. The van der Waals surface area contributed by atoms with Gasteiger partial charge in [-0.3, -0.25) is 9.78 Å². The molecule has 0 bridgehead atoms. The lowest BCUT2D eigenvalue weighted by atomic mass is 9.85. The third kappa shape index (κ3) is 3.29. The fraction of sp³-hybridized carbons (Fsp3) is 0.500. The lowest BCUT2D eigenvalue weighted by molar-refractivity contribution is -0.131. The molecule has 0 fully saturated rings. The number of aromatic nitrogens is 1. The summed E-state index contributed by atoms with van der Waals surface area (Å²) < 4.78 is 0. The van der Waals surface area contributed by atoms with E-state index in [0.29, 0.717) is 10.6 Å². The first-order valence-corrected chi connectivity index (χ1v) is 5.49. The van der Waals surface area contributed by atoms with Gasteiger partial charge in [0.2, 0.25) is 0 Å². The van der Waals surface area contributed by atoms with Crippen molar-refractivity contribution in [3.63, 3.8) is 0 Å². The minimum atomic E-state index is -0.975. The maximum Gasteiger partial charge on any atom is 0.166 e. The molecule has 1 unspecified atom stereocenters. The van der Waals surface area contributed by atoms with E-state index in [4.69, 9.17) is 11.6 Å². The van der Waals surface area contributed by atoms with Crippen LogP contribution in [-0.2, 0) is 11.2 Å². The van der Waals surface area contributed by atoms with Crippen LogP contribution >= 0.6 is 11.6 Å². The van der Waals surface area contributed by atoms with Gasteiger partial charge >= 0.3 is 0 Å². The van der Waals surface area contributed by atoms with Crippen LogP contribution in [0.15, 0.2) is 18.5 Å². The van der Waals surface area contributed by atoms with Crippen molar-refractivity contribution in [1.82, 2.24) is 4.98 Å². The average molecular weight is 242 g/mol. The zero-order chi connectivity index (χ0) is 12.3. The monoisotopic (exact) mass is 241 g/mol. The predicted octanol–water partition coefficient (Wildman–Crippen LogP) is 2.25. The van der Waals surface area contributed by atoms with Crippen LogP contribution in [0.3, 0.4) is 0 Å². The second kappa shape index (κ2) is 4.93. The third-order valence-electron chi connectivity index (χ3n) is 2.35. The Kier molecular flexibility index (Phi) is 4.05. The number of ketones is 1. The number of carbonyl (C=O) groups excluding carboxylic acids is 1. The molecular formula is C12H16ClNO2. The molecule has 0 aliphatic heterocycles. The summed E-state index contributed by atoms with van der Waals surface area (Å²) in [6, 6.07) is 1.69. The number of nitrogens with zero attached hydrogens (tertiary/aromatic N) is 1. The second-order valence-electron chi connectivity index (χ2n) is 4.88. The molecule has 0 saturated carbocycles. The van der Waals surface area contributed by atoms with Crippen molar-refractivity contribution in [3.05, 3.63) is 29.0 Å². The number of pyridine rings is 1. The van der Waals surface area contributed by atoms with E-state index in [9.17, 15) is 9.90 Å². The topological polar surface area (TPSA) is 50.2 Å². The Morgan fingerprint density at radius 2 is 2.19 bits per heavy atom. The SMILES string of the molecule is CC(C)(C)C(O)C(=O)Cc1ccncc1Cl. The van der Waals surface area contributed by atoms with Crippen molar-refractivity contribution in [2.75, 3.05) is 0 Å². The van der Waals surface area contributed by atoms with Gasteiger partial charge in [-0.15, -0.1) is 0 Å². The van der Waals surface area contributed by atoms with E-state index in [2.05, 4.69) is 4.98 Å². The fourth-order valence-corrected chi connectivity index (χ4v) is 1.50. The van der Waals surface area contributed by atoms with E-state index in [1.54, 1.807) is 12.3 Å². The van der Waals surface area contributed by atoms with E-state index in [1.807, 2.05) is 20.8 Å². The first kappa shape index (κ1) is 13.1. The summed E-state index contributed by atoms with van der Waals surface area (Å²) in [7, 11) is 0. The van der Waals surface area contributed by atoms with Gasteiger partial charge in [0.05, 0.1) is 5.02 Å². The number of hydrogen-bond acceptors (Lipinski definition) is 3. The molecule has 0 radical (unpaired) electrons. The highest BCUT2D eigenvalue weighted by molar-refractivity contribution is 6.31. The van der Waals surface area contributed by atoms with E-state index in [0.717, 1.165) is 0 Å². The number of hydrogen-bond donors (Lipinski definition) is 1. The number of aliphatic hydroxyl groups excluding tert-OH is 1. The Morgan fingerprint density at radius 3 is 2.69 bits per heavy atom. The Balaban J connectivity index is 2.76. The van der Waals surface area contributed by atoms with Gasteiger partial charge in [0.15, 0.2) is 5.78 Å². The van der Waals surface area contributed by atoms with E-state index >= 15 is 0 Å². The Hall–Kier alpha value is -0.930. The summed E-state index contributed by atoms with van der Waals surface area (Å²) >= 11 is 5.89. The first-order chi connectivity index (χ1) is 7.32. The number of rotatable bonds is 3. The van der Waals surface area contributed by atoms with Crippen LogP contribution < -0.4 is 0 Å². The molecule has 1 heterocycles. The Labute approximate surface area is 100 Å². The van der Waals surface area contributed by atoms with E-state index in [1.165, 1.54) is 6.20 Å². The summed E-state index contributed by atoms with van der Waals surface area (Å²) in [6.07, 6.45) is 2.24. The lowest BCUT2D eigenvalue weighted by Gasteiger charge is -2.24. The average Bonchev–Trinajstić information content (AvgIpc) is 2.19. The number of aliphatic hydroxyl groups is 1. The van der Waals surface area contributed by atoms with Crippen molar-refractivity contribution in [2.45, 2.75) is 33.3 Å². The largest absolute Gasteiger partial charge is 0.385 e. The molecule has 1 atom stereocenters. The molecule has 0 amide bonds. The van der Waals surface area contributed by atoms with Crippen LogP contribution in [0.1, 0.15) is 26.3 Å². The Bertz CT molecular complexity index is 385. The smallest absolute Gasteiger partial charge is 0.166 e. The first-order valence-electron chi connectivity index (χ1n) is 5.11. The van der Waals surface area contributed by atoms with Gasteiger partial charge in [0, 0.05) is 18.8 Å². The number of carbonyl (C=O) groups is 1. The van der Waals surface area contributed by atoms with Crippen LogP contribution in [0.25, 0.3) is 0 Å². The summed E-state index contributed by atoms with van der Waals surface area (Å²) in [5.41, 5.74) is 0.251. The fourth-order valence-electron chi connectivity index (χ4n) is 1.31. The molecule has 1 rings (SSSR count). The highest BCUT2D eigenvalue weighted by atomic mass is 35.5. The van der Waals surface area contributed by atoms with Gasteiger partial charge in [-0.25, -0.2) is 0 Å². The van der Waals surface area contributed by atoms with Crippen molar-refractivity contribution in [2.24, 2.45) is 5.41 Å². The molecule has 16 heavy (non-hydrogen) atoms. The highest BCUT2D eigenvalue weighted by Crippen LogP contribution is 2.22. The zero-order valence-electron chi connectivity index (χ0n) is 9.70. The van der Waals surface area contributed by atoms with Gasteiger partial charge in [0.1, 0.15) is 6.10 Å². The maximum absolute atomic E-state index is 11.8. The van der Waals surface area contributed by atoms with Crippen LogP contribution in [0.4, 0.5) is 0 Å². The minimum Gasteiger partial charge on any atom is -0.385 e. The van der Waals surface area contributed by atoms with Crippen LogP contribution in [0, 0.1) is 5.41 Å². The van der Waals surface area contributed by atoms with Crippen LogP contribution in [0.5, 0.6) is 0 Å². The van der Waals surface area contributed by atoms with Gasteiger partial charge in [-0.05, 0) is 17.0 Å². The number of Topliss-reactive ketones (excluding diaryl/α,β-unsaturated/α-hetero) is 1. The second-order valence-corrected chi connectivity index (χ2v) is 5.29. The summed E-state index contributed by atoms with van der Waals surface area (Å²) in [6.45, 7) is 5.47. The minimum absolute atomic E-state index is 0.139. The summed E-state index contributed by atoms with van der Waals surface area (Å²) in [5, 5.41) is 10.3. The standard InChI is InChI=1S/C12H16ClNO2/c1-12(2,3)11(16)10(15)6-8-4-5-14-7-9(8)13/h4-5,7,11,16H,6H2,1-3H3. The molecule has 1 N–H and O–H groups in total. The molecule has 1 aromatic rings. The molecule has 3 nitrogen and oxygen atoms in total. The molecule has 1 aromatic heterocycles. The van der Waals surface area contributed by atoms with Crippen molar-refractivity contribution in [1.29, 1.82) is 0 Å². The molecule has 0 saturated heterocycles. The van der Waals surface area contributed by atoms with E-state index in [-0.39, 0.29) is 12.2 Å². The quantitative estimate of drug-likeness (QED) is 0.883. The predicted molar refractivity (Wildman–Crippen MR) is 63.4 cm³/mol. The molecule has 0 spiro atoms. The summed E-state index contributed by atoms with van der Waals surface area (Å²) in [5.74, 6) is -0.222. The normalized spacial score (nSPS) is 13.6. The highest BCUT2D eigenvalue weighted by Gasteiger charge is 2.28. The lowest BCUT2D eigenvalue weighted by Crippen LogP contribution is -2.35. The van der Waals surface area contributed by atoms with Crippen molar-refractivity contribution < 1.29 is 9.90 Å². The van der Waals surface area contributed by atoms with Gasteiger partial charge < -0.3 is 5.11 Å². The van der Waals surface area contributed by atoms with Crippen molar-refractivity contribution >= 4 is 17.4 Å². The van der Waals surface area contributed by atoms with E-state index < -0.39 is 11.5 Å². The molecular weight excluding hydrogens is 226 g/mol. The summed E-state index contributed by atoms with van der Waals surface area (Å²) in [4.78, 5) is 15.6. The van der Waals surface area contributed by atoms with Gasteiger partial charge in [0.25, 0.3) is 0 Å². The molecule has 0 aliphatic rings. The Morgan fingerprint density at radius 1 is 1.56 bits per heavy atom. The van der Waals surface area contributed by atoms with Gasteiger partial charge in [-0.1, -0.05) is 32.4 Å². The molecule has 4 heteroatoms. The van der Waals surface area contributed by atoms with Crippen LogP contribution in [-0.4, -0.2) is 22.0 Å².